The Bertz CT molecular complexity index is 383. The molecule has 1 heterocycles. The van der Waals surface area contributed by atoms with Gasteiger partial charge in [0.05, 0.1) is 6.61 Å². The molecule has 0 amide bonds. The van der Waals surface area contributed by atoms with Crippen LogP contribution >= 0.6 is 23.2 Å². The van der Waals surface area contributed by atoms with E-state index in [9.17, 15) is 0 Å². The third-order valence-electron chi connectivity index (χ3n) is 3.34. The molecule has 3 nitrogen and oxygen atoms in total. The maximum Gasteiger partial charge on any atom is 0.137 e. The summed E-state index contributed by atoms with van der Waals surface area (Å²) in [6.45, 7) is 3.26. The predicted octanol–water partition coefficient (Wildman–Crippen LogP) is 4.02. The molecule has 0 atom stereocenters. The summed E-state index contributed by atoms with van der Waals surface area (Å²) in [7, 11) is 0. The number of hydrogen-bond donors (Lipinski definition) is 0. The van der Waals surface area contributed by atoms with E-state index in [1.54, 1.807) is 0 Å². The first-order valence-corrected chi connectivity index (χ1v) is 7.27. The molecule has 5 heteroatoms. The summed E-state index contributed by atoms with van der Waals surface area (Å²) in [4.78, 5) is 8.68. The second-order valence-electron chi connectivity index (χ2n) is 4.56. The van der Waals surface area contributed by atoms with Crippen LogP contribution < -0.4 is 0 Å². The highest BCUT2D eigenvalue weighted by molar-refractivity contribution is 6.34. The van der Waals surface area contributed by atoms with E-state index in [1.807, 2.05) is 6.92 Å². The van der Waals surface area contributed by atoms with E-state index in [0.717, 1.165) is 18.4 Å². The van der Waals surface area contributed by atoms with Crippen LogP contribution in [-0.4, -0.2) is 23.2 Å². The molecule has 0 bridgehead atoms. The summed E-state index contributed by atoms with van der Waals surface area (Å²) >= 11 is 12.5. The van der Waals surface area contributed by atoms with E-state index in [-0.39, 0.29) is 0 Å². The smallest absolute Gasteiger partial charge is 0.137 e. The Hall–Kier alpha value is -0.380. The molecular weight excluding hydrogens is 271 g/mol. The molecular formula is C13H18Cl2N2O. The maximum absolute atomic E-state index is 6.25. The fourth-order valence-corrected chi connectivity index (χ4v) is 3.16. The van der Waals surface area contributed by atoms with E-state index in [4.69, 9.17) is 27.9 Å². The van der Waals surface area contributed by atoms with Gasteiger partial charge in [-0.2, -0.15) is 0 Å². The zero-order chi connectivity index (χ0) is 13.0. The van der Waals surface area contributed by atoms with Crippen LogP contribution in [0.5, 0.6) is 0 Å². The zero-order valence-electron chi connectivity index (χ0n) is 10.6. The molecule has 1 aromatic heterocycles. The van der Waals surface area contributed by atoms with E-state index in [2.05, 4.69) is 9.97 Å². The van der Waals surface area contributed by atoms with Gasteiger partial charge in [0.1, 0.15) is 16.1 Å². The first-order chi connectivity index (χ1) is 8.72. The molecule has 0 spiro atoms. The first kappa shape index (κ1) is 14.0. The van der Waals surface area contributed by atoms with Gasteiger partial charge in [-0.3, -0.25) is 0 Å². The third-order valence-corrected chi connectivity index (χ3v) is 3.91. The number of halogens is 2. The van der Waals surface area contributed by atoms with Gasteiger partial charge >= 0.3 is 0 Å². The van der Waals surface area contributed by atoms with Gasteiger partial charge in [0.15, 0.2) is 0 Å². The quantitative estimate of drug-likeness (QED) is 0.606. The first-order valence-electron chi connectivity index (χ1n) is 6.52. The van der Waals surface area contributed by atoms with Crippen LogP contribution in [0.3, 0.4) is 0 Å². The molecule has 0 radical (unpaired) electrons. The van der Waals surface area contributed by atoms with Crippen LogP contribution in [0.4, 0.5) is 0 Å². The van der Waals surface area contributed by atoms with E-state index in [1.165, 1.54) is 12.8 Å². The minimum Gasteiger partial charge on any atom is -0.381 e. The standard InChI is InChI=1S/C13H18Cl2N2O/c1-2-18-8-7-10-16-12(14)11(13(15)17-10)9-5-3-4-6-9/h9H,2-8H2,1H3. The zero-order valence-corrected chi connectivity index (χ0v) is 12.1. The van der Waals surface area contributed by atoms with Crippen LogP contribution in [0.2, 0.25) is 10.3 Å². The fourth-order valence-electron chi connectivity index (χ4n) is 2.43. The number of aromatic nitrogens is 2. The fraction of sp³-hybridized carbons (Fsp3) is 0.692. The van der Waals surface area contributed by atoms with Gasteiger partial charge in [-0.15, -0.1) is 0 Å². The Morgan fingerprint density at radius 3 is 2.33 bits per heavy atom. The van der Waals surface area contributed by atoms with Crippen LogP contribution in [0.15, 0.2) is 0 Å². The Morgan fingerprint density at radius 1 is 1.17 bits per heavy atom. The number of rotatable bonds is 5. The molecule has 1 fully saturated rings. The van der Waals surface area contributed by atoms with Gasteiger partial charge in [0.2, 0.25) is 0 Å². The van der Waals surface area contributed by atoms with Crippen molar-refractivity contribution in [2.75, 3.05) is 13.2 Å². The topological polar surface area (TPSA) is 35.0 Å². The Morgan fingerprint density at radius 2 is 1.78 bits per heavy atom. The predicted molar refractivity (Wildman–Crippen MR) is 73.5 cm³/mol. The molecule has 1 aliphatic rings. The van der Waals surface area contributed by atoms with Crippen molar-refractivity contribution in [3.8, 4) is 0 Å². The van der Waals surface area contributed by atoms with Crippen molar-refractivity contribution in [3.63, 3.8) is 0 Å². The second-order valence-corrected chi connectivity index (χ2v) is 5.28. The van der Waals surface area contributed by atoms with Crippen LogP contribution in [0.1, 0.15) is 49.9 Å². The van der Waals surface area contributed by atoms with Gasteiger partial charge < -0.3 is 4.74 Å². The maximum atomic E-state index is 6.25. The molecule has 0 aliphatic heterocycles. The Labute approximate surface area is 118 Å². The minimum absolute atomic E-state index is 0.436. The molecule has 2 rings (SSSR count). The van der Waals surface area contributed by atoms with Crippen molar-refractivity contribution in [2.24, 2.45) is 0 Å². The molecule has 0 saturated heterocycles. The highest BCUT2D eigenvalue weighted by Crippen LogP contribution is 2.39. The summed E-state index contributed by atoms with van der Waals surface area (Å²) in [6.07, 6.45) is 5.41. The lowest BCUT2D eigenvalue weighted by atomic mass is 10.0. The number of hydrogen-bond acceptors (Lipinski definition) is 3. The Balaban J connectivity index is 2.12. The average molecular weight is 289 g/mol. The summed E-state index contributed by atoms with van der Waals surface area (Å²) < 4.78 is 5.28. The summed E-state index contributed by atoms with van der Waals surface area (Å²) in [5.74, 6) is 1.10. The minimum atomic E-state index is 0.436. The summed E-state index contributed by atoms with van der Waals surface area (Å²) in [5, 5.41) is 1.04. The number of nitrogens with zero attached hydrogens (tertiary/aromatic N) is 2. The molecule has 0 unspecified atom stereocenters. The molecule has 1 aliphatic carbocycles. The van der Waals surface area contributed by atoms with E-state index in [0.29, 0.717) is 41.7 Å². The van der Waals surface area contributed by atoms with Gasteiger partial charge in [-0.1, -0.05) is 36.0 Å². The van der Waals surface area contributed by atoms with E-state index < -0.39 is 0 Å². The van der Waals surface area contributed by atoms with Crippen molar-refractivity contribution >= 4 is 23.2 Å². The van der Waals surface area contributed by atoms with Crippen molar-refractivity contribution in [3.05, 3.63) is 21.7 Å². The second kappa shape index (κ2) is 6.69. The number of ether oxygens (including phenoxy) is 1. The molecule has 100 valence electrons. The van der Waals surface area contributed by atoms with Crippen LogP contribution in [-0.2, 0) is 11.2 Å². The summed E-state index contributed by atoms with van der Waals surface area (Å²) in [5.41, 5.74) is 0.941. The van der Waals surface area contributed by atoms with Crippen molar-refractivity contribution in [1.82, 2.24) is 9.97 Å². The average Bonchev–Trinajstić information content (AvgIpc) is 2.82. The van der Waals surface area contributed by atoms with Crippen molar-refractivity contribution < 1.29 is 4.74 Å². The van der Waals surface area contributed by atoms with Crippen molar-refractivity contribution in [1.29, 1.82) is 0 Å². The van der Waals surface area contributed by atoms with Gasteiger partial charge in [0.25, 0.3) is 0 Å². The van der Waals surface area contributed by atoms with Crippen molar-refractivity contribution in [2.45, 2.75) is 44.9 Å². The largest absolute Gasteiger partial charge is 0.381 e. The molecule has 18 heavy (non-hydrogen) atoms. The van der Waals surface area contributed by atoms with Crippen LogP contribution in [0, 0.1) is 0 Å². The molecule has 0 aromatic carbocycles. The lowest BCUT2D eigenvalue weighted by Crippen LogP contribution is -2.07. The highest BCUT2D eigenvalue weighted by Gasteiger charge is 2.24. The van der Waals surface area contributed by atoms with Crippen LogP contribution in [0.25, 0.3) is 0 Å². The van der Waals surface area contributed by atoms with Gasteiger partial charge in [-0.25, -0.2) is 9.97 Å². The normalized spacial score (nSPS) is 16.4. The molecule has 1 aromatic rings. The van der Waals surface area contributed by atoms with Gasteiger partial charge in [-0.05, 0) is 25.7 Å². The Kier molecular flexibility index (Phi) is 5.22. The monoisotopic (exact) mass is 288 g/mol. The highest BCUT2D eigenvalue weighted by atomic mass is 35.5. The lowest BCUT2D eigenvalue weighted by molar-refractivity contribution is 0.149. The molecule has 0 N–H and O–H groups in total. The third kappa shape index (κ3) is 3.34. The SMILES string of the molecule is CCOCCc1nc(Cl)c(C2CCCC2)c(Cl)n1. The van der Waals surface area contributed by atoms with E-state index >= 15 is 0 Å². The molecule has 1 saturated carbocycles. The lowest BCUT2D eigenvalue weighted by Gasteiger charge is -2.13. The summed E-state index contributed by atoms with van der Waals surface area (Å²) in [6, 6.07) is 0. The van der Waals surface area contributed by atoms with Gasteiger partial charge in [0, 0.05) is 18.6 Å².